The van der Waals surface area contributed by atoms with E-state index in [1.165, 1.54) is 7.11 Å². The number of methoxy groups -OCH3 is 1. The maximum absolute atomic E-state index is 13.2. The largest absolute Gasteiger partial charge is 0.507 e. The molecule has 1 aromatic carbocycles. The lowest BCUT2D eigenvalue weighted by atomic mass is 9.94. The molecule has 1 amide bonds. The van der Waals surface area contributed by atoms with E-state index in [9.17, 15) is 19.5 Å². The third-order valence-corrected chi connectivity index (χ3v) is 6.49. The molecule has 1 atom stereocenters. The topological polar surface area (TPSA) is 103 Å². The second kappa shape index (κ2) is 10.7. The van der Waals surface area contributed by atoms with Crippen LogP contribution in [-0.4, -0.2) is 70.8 Å². The van der Waals surface area contributed by atoms with Gasteiger partial charge in [0.25, 0.3) is 11.7 Å². The van der Waals surface area contributed by atoms with E-state index in [-0.39, 0.29) is 17.0 Å². The molecule has 1 aliphatic rings. The Labute approximate surface area is 200 Å². The molecule has 8 nitrogen and oxygen atoms in total. The standard InChI is InChI=1S/C26H33N3O5/c1-6-28(7-2)14-11-15-29-22(18-12-9-8-10-13-18)20(24(31)25(29)32)23(30)19-16(3)21(26(33)34-5)27-17(19)4/h8-10,12-13,22,27,30H,6-7,11,14-15H2,1-5H3/t22-/m0/s1. The van der Waals surface area contributed by atoms with Crippen molar-refractivity contribution in [2.75, 3.05) is 33.3 Å². The highest BCUT2D eigenvalue weighted by molar-refractivity contribution is 6.46. The number of likely N-dealkylation sites (tertiary alicyclic amines) is 1. The molecule has 8 heteroatoms. The molecule has 1 aliphatic heterocycles. The summed E-state index contributed by atoms with van der Waals surface area (Å²) >= 11 is 0. The normalized spacial score (nSPS) is 17.6. The first kappa shape index (κ1) is 25.2. The van der Waals surface area contributed by atoms with Gasteiger partial charge in [-0.1, -0.05) is 44.2 Å². The van der Waals surface area contributed by atoms with Crippen LogP contribution in [0.4, 0.5) is 0 Å². The average molecular weight is 468 g/mol. The summed E-state index contributed by atoms with van der Waals surface area (Å²) in [6.07, 6.45) is 0.701. The fourth-order valence-electron chi connectivity index (χ4n) is 4.64. The molecular formula is C26H33N3O5. The molecule has 2 heterocycles. The predicted octanol–water partition coefficient (Wildman–Crippen LogP) is 3.57. The van der Waals surface area contributed by atoms with Crippen LogP contribution in [0.25, 0.3) is 5.76 Å². The summed E-state index contributed by atoms with van der Waals surface area (Å²) in [5.74, 6) is -2.22. The molecule has 2 N–H and O–H groups in total. The number of H-pyrrole nitrogens is 1. The van der Waals surface area contributed by atoms with Crippen LogP contribution in [0.2, 0.25) is 0 Å². The smallest absolute Gasteiger partial charge is 0.354 e. The fraction of sp³-hybridized carbons (Fsp3) is 0.423. The molecule has 0 spiro atoms. The van der Waals surface area contributed by atoms with Gasteiger partial charge < -0.3 is 24.6 Å². The Morgan fingerprint density at radius 3 is 2.38 bits per heavy atom. The number of hydrogen-bond acceptors (Lipinski definition) is 6. The number of hydrogen-bond donors (Lipinski definition) is 2. The number of aryl methyl sites for hydroxylation is 1. The van der Waals surface area contributed by atoms with Gasteiger partial charge in [-0.05, 0) is 51.0 Å². The molecule has 0 bridgehead atoms. The van der Waals surface area contributed by atoms with Gasteiger partial charge in [-0.2, -0.15) is 0 Å². The van der Waals surface area contributed by atoms with E-state index in [4.69, 9.17) is 4.74 Å². The van der Waals surface area contributed by atoms with Gasteiger partial charge in [-0.3, -0.25) is 9.59 Å². The van der Waals surface area contributed by atoms with E-state index >= 15 is 0 Å². The van der Waals surface area contributed by atoms with Crippen molar-refractivity contribution in [2.24, 2.45) is 0 Å². The number of nitrogens with zero attached hydrogens (tertiary/aromatic N) is 2. The Kier molecular flexibility index (Phi) is 7.94. The fourth-order valence-corrected chi connectivity index (χ4v) is 4.64. The number of ether oxygens (including phenoxy) is 1. The highest BCUT2D eigenvalue weighted by atomic mass is 16.5. The molecular weight excluding hydrogens is 434 g/mol. The van der Waals surface area contributed by atoms with Crippen LogP contribution in [-0.2, 0) is 14.3 Å². The quantitative estimate of drug-likeness (QED) is 0.253. The Hall–Kier alpha value is -3.39. The number of carbonyl (C=O) groups excluding carboxylic acids is 3. The first-order chi connectivity index (χ1) is 16.3. The highest BCUT2D eigenvalue weighted by Gasteiger charge is 2.46. The van der Waals surface area contributed by atoms with Gasteiger partial charge >= 0.3 is 5.97 Å². The van der Waals surface area contributed by atoms with E-state index in [1.54, 1.807) is 18.7 Å². The van der Waals surface area contributed by atoms with Crippen molar-refractivity contribution in [3.8, 4) is 0 Å². The first-order valence-corrected chi connectivity index (χ1v) is 11.6. The van der Waals surface area contributed by atoms with Gasteiger partial charge in [0.1, 0.15) is 11.5 Å². The number of aromatic amines is 1. The summed E-state index contributed by atoms with van der Waals surface area (Å²) in [6.45, 7) is 10.5. The van der Waals surface area contributed by atoms with E-state index in [1.807, 2.05) is 30.3 Å². The molecule has 0 saturated carbocycles. The van der Waals surface area contributed by atoms with E-state index in [0.717, 1.165) is 25.2 Å². The number of aromatic nitrogens is 1. The second-order valence-electron chi connectivity index (χ2n) is 8.40. The summed E-state index contributed by atoms with van der Waals surface area (Å²) < 4.78 is 4.82. The molecule has 1 fully saturated rings. The monoisotopic (exact) mass is 467 g/mol. The zero-order chi connectivity index (χ0) is 25.0. The highest BCUT2D eigenvalue weighted by Crippen LogP contribution is 2.40. The van der Waals surface area contributed by atoms with E-state index in [2.05, 4.69) is 23.7 Å². The number of esters is 1. The minimum Gasteiger partial charge on any atom is -0.507 e. The second-order valence-corrected chi connectivity index (χ2v) is 8.40. The maximum Gasteiger partial charge on any atom is 0.354 e. The number of benzene rings is 1. The lowest BCUT2D eigenvalue weighted by molar-refractivity contribution is -0.140. The number of nitrogens with one attached hydrogen (secondary N) is 1. The zero-order valence-corrected chi connectivity index (χ0v) is 20.5. The van der Waals surface area contributed by atoms with Gasteiger partial charge in [-0.25, -0.2) is 4.79 Å². The number of ketones is 1. The summed E-state index contributed by atoms with van der Waals surface area (Å²) in [7, 11) is 1.27. The van der Waals surface area contributed by atoms with Gasteiger partial charge in [0, 0.05) is 17.8 Å². The van der Waals surface area contributed by atoms with Crippen molar-refractivity contribution in [3.05, 3.63) is 64.0 Å². The number of Topliss-reactive ketones (excluding diaryl/α,β-unsaturated/α-hetero) is 1. The molecule has 1 aromatic heterocycles. The summed E-state index contributed by atoms with van der Waals surface area (Å²) in [5, 5.41) is 11.4. The Morgan fingerprint density at radius 2 is 1.79 bits per heavy atom. The maximum atomic E-state index is 13.2. The van der Waals surface area contributed by atoms with Crippen molar-refractivity contribution in [1.29, 1.82) is 0 Å². The van der Waals surface area contributed by atoms with Crippen LogP contribution < -0.4 is 0 Å². The van der Waals surface area contributed by atoms with Crippen molar-refractivity contribution in [3.63, 3.8) is 0 Å². The number of rotatable bonds is 9. The SMILES string of the molecule is CCN(CC)CCCN1C(=O)C(=O)C(=C(O)c2c(C)[nH]c(C(=O)OC)c2C)[C@@H]1c1ccccc1. The summed E-state index contributed by atoms with van der Waals surface area (Å²) in [4.78, 5) is 45.2. The summed E-state index contributed by atoms with van der Waals surface area (Å²) in [6, 6.07) is 8.52. The number of carbonyl (C=O) groups is 3. The molecule has 0 aliphatic carbocycles. The molecule has 1 saturated heterocycles. The molecule has 34 heavy (non-hydrogen) atoms. The molecule has 3 rings (SSSR count). The number of aliphatic hydroxyl groups is 1. The Bertz CT molecular complexity index is 1100. The van der Waals surface area contributed by atoms with E-state index < -0.39 is 23.7 Å². The lowest BCUT2D eigenvalue weighted by Gasteiger charge is -2.26. The predicted molar refractivity (Wildman–Crippen MR) is 129 cm³/mol. The number of aliphatic hydroxyl groups excluding tert-OH is 1. The lowest BCUT2D eigenvalue weighted by Crippen LogP contribution is -2.33. The van der Waals surface area contributed by atoms with Crippen molar-refractivity contribution in [1.82, 2.24) is 14.8 Å². The van der Waals surface area contributed by atoms with Gasteiger partial charge in [0.05, 0.1) is 18.7 Å². The van der Waals surface area contributed by atoms with Crippen LogP contribution in [0.15, 0.2) is 35.9 Å². The van der Waals surface area contributed by atoms with E-state index in [0.29, 0.717) is 29.8 Å². The third kappa shape index (κ3) is 4.63. The van der Waals surface area contributed by atoms with Crippen LogP contribution in [0.3, 0.4) is 0 Å². The van der Waals surface area contributed by atoms with Gasteiger partial charge in [0.2, 0.25) is 0 Å². The number of amides is 1. The third-order valence-electron chi connectivity index (χ3n) is 6.49. The van der Waals surface area contributed by atoms with Crippen LogP contribution in [0, 0.1) is 13.8 Å². The van der Waals surface area contributed by atoms with Crippen LogP contribution in [0.5, 0.6) is 0 Å². The van der Waals surface area contributed by atoms with Crippen LogP contribution >= 0.6 is 0 Å². The van der Waals surface area contributed by atoms with Gasteiger partial charge in [0.15, 0.2) is 0 Å². The zero-order valence-electron chi connectivity index (χ0n) is 20.5. The van der Waals surface area contributed by atoms with Crippen LogP contribution in [0.1, 0.15) is 59.2 Å². The first-order valence-electron chi connectivity index (χ1n) is 11.6. The minimum atomic E-state index is -0.728. The Balaban J connectivity index is 2.09. The Morgan fingerprint density at radius 1 is 1.15 bits per heavy atom. The average Bonchev–Trinajstić information content (AvgIpc) is 3.28. The molecule has 2 aromatic rings. The molecule has 0 radical (unpaired) electrons. The summed E-state index contributed by atoms with van der Waals surface area (Å²) in [5.41, 5.74) is 2.27. The molecule has 0 unspecified atom stereocenters. The van der Waals surface area contributed by atoms with Crippen molar-refractivity contribution >= 4 is 23.4 Å². The van der Waals surface area contributed by atoms with Crippen molar-refractivity contribution in [2.45, 2.75) is 40.2 Å². The van der Waals surface area contributed by atoms with Gasteiger partial charge in [-0.15, -0.1) is 0 Å². The molecule has 182 valence electrons. The minimum absolute atomic E-state index is 0.0284. The van der Waals surface area contributed by atoms with Crippen molar-refractivity contribution < 1.29 is 24.2 Å².